The Bertz CT molecular complexity index is 604. The topological polar surface area (TPSA) is 55.1 Å². The molecule has 1 unspecified atom stereocenters. The Kier molecular flexibility index (Phi) is 3.46. The van der Waals surface area contributed by atoms with Gasteiger partial charge in [0.15, 0.2) is 5.65 Å². The predicted octanol–water partition coefficient (Wildman–Crippen LogP) is 2.16. The molecule has 1 aliphatic rings. The summed E-state index contributed by atoms with van der Waals surface area (Å²) in [4.78, 5) is 4.58. The zero-order valence-electron chi connectivity index (χ0n) is 12.6. The second-order valence-electron chi connectivity index (χ2n) is 5.97. The van der Waals surface area contributed by atoms with Crippen LogP contribution in [0.5, 0.6) is 0 Å². The summed E-state index contributed by atoms with van der Waals surface area (Å²) in [5.74, 6) is 2.08. The Morgan fingerprint density at radius 1 is 1.35 bits per heavy atom. The molecule has 0 radical (unpaired) electrons. The third kappa shape index (κ3) is 2.10. The number of hydrogen-bond donors (Lipinski definition) is 1. The summed E-state index contributed by atoms with van der Waals surface area (Å²) in [6.07, 6.45) is 4.69. The number of aromatic nitrogens is 4. The molecule has 0 saturated carbocycles. The van der Waals surface area contributed by atoms with Gasteiger partial charge in [-0.25, -0.2) is 4.98 Å². The molecule has 2 aromatic heterocycles. The van der Waals surface area contributed by atoms with E-state index < -0.39 is 0 Å². The van der Waals surface area contributed by atoms with Gasteiger partial charge < -0.3 is 5.32 Å². The van der Waals surface area contributed by atoms with Crippen LogP contribution in [0.2, 0.25) is 0 Å². The van der Waals surface area contributed by atoms with Crippen LogP contribution in [0.1, 0.15) is 49.9 Å². The Morgan fingerprint density at radius 2 is 2.20 bits per heavy atom. The Hall–Kier alpha value is -1.49. The normalized spacial score (nSPS) is 23.4. The second kappa shape index (κ2) is 5.13. The van der Waals surface area contributed by atoms with E-state index in [0.29, 0.717) is 0 Å². The second-order valence-corrected chi connectivity index (χ2v) is 5.97. The molecular weight excluding hydrogens is 250 g/mol. The Balaban J connectivity index is 2.16. The van der Waals surface area contributed by atoms with Crippen LogP contribution in [0.15, 0.2) is 6.07 Å². The van der Waals surface area contributed by atoms with Gasteiger partial charge in [-0.3, -0.25) is 4.40 Å². The van der Waals surface area contributed by atoms with Crippen molar-refractivity contribution in [3.8, 4) is 0 Å². The lowest BCUT2D eigenvalue weighted by Gasteiger charge is -2.36. The quantitative estimate of drug-likeness (QED) is 0.931. The zero-order valence-corrected chi connectivity index (χ0v) is 12.6. The van der Waals surface area contributed by atoms with Gasteiger partial charge in [0.25, 0.3) is 0 Å². The Labute approximate surface area is 119 Å². The summed E-state index contributed by atoms with van der Waals surface area (Å²) < 4.78 is 2.15. The number of fused-ring (bicyclic) bond motifs is 1. The first-order chi connectivity index (χ1) is 9.66. The molecule has 0 spiro atoms. The van der Waals surface area contributed by atoms with Crippen molar-refractivity contribution in [2.24, 2.45) is 0 Å². The molecule has 2 aromatic rings. The standard InChI is InChI=1S/C15H23N5/c1-4-6-15(7-5-8-16-10-15)14-19-18-13-9-11(2)17-12(3)20(13)14/h9,16H,4-8,10H2,1-3H3. The summed E-state index contributed by atoms with van der Waals surface area (Å²) in [6.45, 7) is 8.40. The van der Waals surface area contributed by atoms with Crippen molar-refractivity contribution in [1.82, 2.24) is 24.9 Å². The van der Waals surface area contributed by atoms with E-state index in [1.165, 1.54) is 12.8 Å². The van der Waals surface area contributed by atoms with Gasteiger partial charge in [-0.05, 0) is 39.7 Å². The average Bonchev–Trinajstić information content (AvgIpc) is 2.84. The molecule has 0 aliphatic carbocycles. The highest BCUT2D eigenvalue weighted by molar-refractivity contribution is 5.41. The van der Waals surface area contributed by atoms with E-state index in [1.54, 1.807) is 0 Å². The minimum absolute atomic E-state index is 0.105. The first-order valence-electron chi connectivity index (χ1n) is 7.57. The molecule has 108 valence electrons. The van der Waals surface area contributed by atoms with Crippen LogP contribution in [0.25, 0.3) is 5.65 Å². The molecule has 1 N–H and O–H groups in total. The van der Waals surface area contributed by atoms with Gasteiger partial charge in [0.05, 0.1) is 0 Å². The maximum absolute atomic E-state index is 4.58. The Morgan fingerprint density at radius 3 is 2.90 bits per heavy atom. The molecule has 1 fully saturated rings. The molecule has 1 saturated heterocycles. The highest BCUT2D eigenvalue weighted by Gasteiger charge is 2.37. The number of nitrogens with zero attached hydrogens (tertiary/aromatic N) is 4. The fourth-order valence-electron chi connectivity index (χ4n) is 3.54. The fraction of sp³-hybridized carbons (Fsp3) is 0.667. The highest BCUT2D eigenvalue weighted by atomic mass is 15.3. The summed E-state index contributed by atoms with van der Waals surface area (Å²) in [6, 6.07) is 2.01. The molecule has 20 heavy (non-hydrogen) atoms. The van der Waals surface area contributed by atoms with Crippen LogP contribution >= 0.6 is 0 Å². The molecule has 0 bridgehead atoms. The van der Waals surface area contributed by atoms with Gasteiger partial charge in [0.1, 0.15) is 11.6 Å². The van der Waals surface area contributed by atoms with E-state index in [9.17, 15) is 0 Å². The highest BCUT2D eigenvalue weighted by Crippen LogP contribution is 2.35. The van der Waals surface area contributed by atoms with Crippen molar-refractivity contribution in [3.63, 3.8) is 0 Å². The third-order valence-electron chi connectivity index (χ3n) is 4.36. The van der Waals surface area contributed by atoms with Gasteiger partial charge in [0, 0.05) is 23.7 Å². The molecule has 1 aliphatic heterocycles. The largest absolute Gasteiger partial charge is 0.316 e. The van der Waals surface area contributed by atoms with Crippen molar-refractivity contribution >= 4 is 5.65 Å². The van der Waals surface area contributed by atoms with Crippen LogP contribution in [-0.4, -0.2) is 32.7 Å². The maximum atomic E-state index is 4.58. The van der Waals surface area contributed by atoms with Gasteiger partial charge in [-0.15, -0.1) is 10.2 Å². The monoisotopic (exact) mass is 273 g/mol. The SMILES string of the molecule is CCCC1(c2nnc3cc(C)nc(C)n23)CCCNC1. The fourth-order valence-corrected chi connectivity index (χ4v) is 3.54. The number of hydrogen-bond acceptors (Lipinski definition) is 4. The third-order valence-corrected chi connectivity index (χ3v) is 4.36. The average molecular weight is 273 g/mol. The molecule has 5 nitrogen and oxygen atoms in total. The van der Waals surface area contributed by atoms with Crippen LogP contribution in [-0.2, 0) is 5.41 Å². The molecule has 1 atom stereocenters. The lowest BCUT2D eigenvalue weighted by atomic mass is 9.76. The number of aryl methyl sites for hydroxylation is 2. The van der Waals surface area contributed by atoms with Crippen molar-refractivity contribution in [1.29, 1.82) is 0 Å². The molecule has 0 amide bonds. The molecule has 0 aromatic carbocycles. The van der Waals surface area contributed by atoms with E-state index in [2.05, 4.69) is 31.8 Å². The van der Waals surface area contributed by atoms with Crippen LogP contribution in [0.4, 0.5) is 0 Å². The van der Waals surface area contributed by atoms with Crippen LogP contribution in [0, 0.1) is 13.8 Å². The minimum atomic E-state index is 0.105. The molecule has 3 rings (SSSR count). The van der Waals surface area contributed by atoms with Crippen LogP contribution in [0.3, 0.4) is 0 Å². The van der Waals surface area contributed by atoms with E-state index in [4.69, 9.17) is 0 Å². The number of piperidine rings is 1. The van der Waals surface area contributed by atoms with E-state index >= 15 is 0 Å². The van der Waals surface area contributed by atoms with Crippen molar-refractivity contribution in [2.45, 2.75) is 51.9 Å². The number of rotatable bonds is 3. The van der Waals surface area contributed by atoms with Crippen LogP contribution < -0.4 is 5.32 Å². The van der Waals surface area contributed by atoms with Gasteiger partial charge in [-0.2, -0.15) is 0 Å². The van der Waals surface area contributed by atoms with Crippen molar-refractivity contribution in [2.75, 3.05) is 13.1 Å². The summed E-state index contributed by atoms with van der Waals surface area (Å²) in [5, 5.41) is 12.5. The first kappa shape index (κ1) is 13.5. The lowest BCUT2D eigenvalue weighted by molar-refractivity contribution is 0.273. The zero-order chi connectivity index (χ0) is 14.2. The summed E-state index contributed by atoms with van der Waals surface area (Å²) in [7, 11) is 0. The molecule has 3 heterocycles. The van der Waals surface area contributed by atoms with Crippen molar-refractivity contribution < 1.29 is 0 Å². The van der Waals surface area contributed by atoms with Gasteiger partial charge in [0.2, 0.25) is 0 Å². The summed E-state index contributed by atoms with van der Waals surface area (Å²) >= 11 is 0. The van der Waals surface area contributed by atoms with E-state index in [-0.39, 0.29) is 5.41 Å². The first-order valence-corrected chi connectivity index (χ1v) is 7.57. The van der Waals surface area contributed by atoms with E-state index in [0.717, 1.165) is 48.9 Å². The minimum Gasteiger partial charge on any atom is -0.316 e. The van der Waals surface area contributed by atoms with E-state index in [1.807, 2.05) is 19.9 Å². The maximum Gasteiger partial charge on any atom is 0.164 e. The van der Waals surface area contributed by atoms with Gasteiger partial charge in [-0.1, -0.05) is 13.3 Å². The van der Waals surface area contributed by atoms with Gasteiger partial charge >= 0.3 is 0 Å². The smallest absolute Gasteiger partial charge is 0.164 e. The van der Waals surface area contributed by atoms with Crippen molar-refractivity contribution in [3.05, 3.63) is 23.4 Å². The number of nitrogens with one attached hydrogen (secondary N) is 1. The summed E-state index contributed by atoms with van der Waals surface area (Å²) in [5.41, 5.74) is 2.03. The lowest BCUT2D eigenvalue weighted by Crippen LogP contribution is -2.44. The molecule has 5 heteroatoms. The predicted molar refractivity (Wildman–Crippen MR) is 78.9 cm³/mol. The molecular formula is C15H23N5.